The largest absolute Gasteiger partial charge is 0.337 e. The molecule has 3 aromatic carbocycles. The number of hydrogen-bond acceptors (Lipinski definition) is 7. The lowest BCUT2D eigenvalue weighted by Gasteiger charge is -2.27. The van der Waals surface area contributed by atoms with Gasteiger partial charge in [-0.15, -0.1) is 10.2 Å². The first-order valence-electron chi connectivity index (χ1n) is 15.5. The minimum atomic E-state index is -0.177. The minimum Gasteiger partial charge on any atom is -0.337 e. The molecule has 2 amide bonds. The number of imidazole rings is 1. The molecule has 11 nitrogen and oxygen atoms in total. The maximum absolute atomic E-state index is 13.2. The molecule has 47 heavy (non-hydrogen) atoms. The molecule has 0 saturated heterocycles. The molecule has 0 atom stereocenters. The van der Waals surface area contributed by atoms with Crippen LogP contribution in [-0.4, -0.2) is 52.4 Å². The molecular weight excluding hydrogens is 590 g/mol. The van der Waals surface area contributed by atoms with E-state index >= 15 is 0 Å². The molecule has 0 spiro atoms. The second-order valence-electron chi connectivity index (χ2n) is 12.7. The Morgan fingerprint density at radius 2 is 1.64 bits per heavy atom. The van der Waals surface area contributed by atoms with Crippen molar-refractivity contribution >= 4 is 34.7 Å². The van der Waals surface area contributed by atoms with Gasteiger partial charge in [0.15, 0.2) is 17.3 Å². The van der Waals surface area contributed by atoms with Gasteiger partial charge in [-0.25, -0.2) is 9.97 Å². The van der Waals surface area contributed by atoms with Crippen LogP contribution in [0.15, 0.2) is 91.4 Å². The van der Waals surface area contributed by atoms with Gasteiger partial charge in [-0.1, -0.05) is 45.0 Å². The molecule has 0 fully saturated rings. The molecule has 4 heterocycles. The summed E-state index contributed by atoms with van der Waals surface area (Å²) in [4.78, 5) is 37.5. The first-order valence-corrected chi connectivity index (χ1v) is 15.5. The van der Waals surface area contributed by atoms with Gasteiger partial charge in [0.2, 0.25) is 0 Å². The van der Waals surface area contributed by atoms with E-state index in [1.165, 1.54) is 5.56 Å². The Morgan fingerprint density at radius 3 is 2.40 bits per heavy atom. The van der Waals surface area contributed by atoms with Crippen molar-refractivity contribution in [3.8, 4) is 11.3 Å². The normalized spacial score (nSPS) is 13.0. The van der Waals surface area contributed by atoms with Gasteiger partial charge in [-0.2, -0.15) is 0 Å². The third-order valence-corrected chi connectivity index (χ3v) is 8.42. The molecule has 0 bridgehead atoms. The number of fused-ring (bicyclic) bond motifs is 2. The number of nitrogens with zero attached hydrogens (tertiary/aromatic N) is 7. The van der Waals surface area contributed by atoms with Crippen LogP contribution in [0.25, 0.3) is 16.9 Å². The van der Waals surface area contributed by atoms with Gasteiger partial charge < -0.3 is 24.5 Å². The third-order valence-electron chi connectivity index (χ3n) is 8.42. The predicted octanol–water partition coefficient (Wildman–Crippen LogP) is 6.25. The second kappa shape index (κ2) is 11.8. The maximum Gasteiger partial charge on any atom is 0.255 e. The first kappa shape index (κ1) is 29.8. The lowest BCUT2D eigenvalue weighted by Crippen LogP contribution is -2.38. The summed E-state index contributed by atoms with van der Waals surface area (Å²) in [6.07, 6.45) is 5.49. The number of nitrogens with one attached hydrogen (secondary N) is 2. The molecule has 236 valence electrons. The number of anilines is 3. The summed E-state index contributed by atoms with van der Waals surface area (Å²) in [5.74, 6) is 2.00. The molecule has 7 rings (SSSR count). The molecular formula is C36H35N9O2. The summed E-state index contributed by atoms with van der Waals surface area (Å²) in [6.45, 7) is 10.1. The van der Waals surface area contributed by atoms with Crippen molar-refractivity contribution in [2.24, 2.45) is 0 Å². The summed E-state index contributed by atoms with van der Waals surface area (Å²) in [5.41, 5.74) is 5.99. The lowest BCUT2D eigenvalue weighted by molar-refractivity contribution is 0.0706. The van der Waals surface area contributed by atoms with Gasteiger partial charge in [0.25, 0.3) is 11.8 Å². The van der Waals surface area contributed by atoms with Crippen molar-refractivity contribution in [2.45, 2.75) is 46.2 Å². The Bertz CT molecular complexity index is 2110. The van der Waals surface area contributed by atoms with Crippen LogP contribution < -0.4 is 10.6 Å². The smallest absolute Gasteiger partial charge is 0.255 e. The maximum atomic E-state index is 13.2. The SMILES string of the molecule is Cc1nnc2n1CCN(C(=O)c1ccc(Nc3nc(-c4cccc(NC(=O)c5ccc(C(C)(C)C)cc5)c4)cn4ccnc34)cc1)C2. The van der Waals surface area contributed by atoms with E-state index in [1.807, 2.05) is 101 Å². The number of carbonyl (C=O) groups excluding carboxylic acids is 2. The molecule has 11 heteroatoms. The molecule has 3 aromatic heterocycles. The van der Waals surface area contributed by atoms with Crippen molar-refractivity contribution in [1.82, 2.24) is 34.0 Å². The molecule has 0 unspecified atom stereocenters. The number of aromatic nitrogens is 6. The topological polar surface area (TPSA) is 122 Å². The highest BCUT2D eigenvalue weighted by atomic mass is 16.2. The van der Waals surface area contributed by atoms with E-state index < -0.39 is 0 Å². The van der Waals surface area contributed by atoms with E-state index in [-0.39, 0.29) is 17.2 Å². The van der Waals surface area contributed by atoms with Crippen molar-refractivity contribution in [3.05, 3.63) is 120 Å². The summed E-state index contributed by atoms with van der Waals surface area (Å²) >= 11 is 0. The monoisotopic (exact) mass is 625 g/mol. The van der Waals surface area contributed by atoms with Crippen molar-refractivity contribution in [1.29, 1.82) is 0 Å². The van der Waals surface area contributed by atoms with Crippen molar-refractivity contribution in [2.75, 3.05) is 17.2 Å². The highest BCUT2D eigenvalue weighted by molar-refractivity contribution is 6.04. The fourth-order valence-corrected chi connectivity index (χ4v) is 5.73. The number of carbonyl (C=O) groups is 2. The van der Waals surface area contributed by atoms with E-state index in [4.69, 9.17) is 4.98 Å². The van der Waals surface area contributed by atoms with Crippen molar-refractivity contribution in [3.63, 3.8) is 0 Å². The fourth-order valence-electron chi connectivity index (χ4n) is 5.73. The van der Waals surface area contributed by atoms with Crippen LogP contribution in [0.5, 0.6) is 0 Å². The van der Waals surface area contributed by atoms with Gasteiger partial charge in [-0.05, 0) is 66.4 Å². The van der Waals surface area contributed by atoms with Gasteiger partial charge in [0.1, 0.15) is 5.82 Å². The van der Waals surface area contributed by atoms with Gasteiger partial charge >= 0.3 is 0 Å². The van der Waals surface area contributed by atoms with Crippen LogP contribution in [0.2, 0.25) is 0 Å². The number of aryl methyl sites for hydroxylation is 1. The standard InChI is InChI=1S/C36H35N9O2/c1-23-41-42-31-22-44(18-19-45(23)31)35(47)25-10-14-28(15-11-25)38-32-33-37-16-17-43(33)21-30(40-32)26-6-5-7-29(20-26)39-34(46)24-8-12-27(13-9-24)36(2,3)4/h5-17,20-21H,18-19,22H2,1-4H3,(H,38,40)(H,39,46). The highest BCUT2D eigenvalue weighted by Crippen LogP contribution is 2.28. The molecule has 1 aliphatic heterocycles. The van der Waals surface area contributed by atoms with E-state index in [9.17, 15) is 9.59 Å². The molecule has 2 N–H and O–H groups in total. The molecule has 0 aliphatic carbocycles. The average molecular weight is 626 g/mol. The summed E-state index contributed by atoms with van der Waals surface area (Å²) < 4.78 is 3.95. The Balaban J connectivity index is 1.08. The van der Waals surface area contributed by atoms with E-state index in [0.29, 0.717) is 53.6 Å². The average Bonchev–Trinajstić information content (AvgIpc) is 3.71. The molecule has 6 aromatic rings. The van der Waals surface area contributed by atoms with E-state index in [0.717, 1.165) is 22.9 Å². The Kier molecular flexibility index (Phi) is 7.51. The van der Waals surface area contributed by atoms with Gasteiger partial charge in [0, 0.05) is 59.7 Å². The second-order valence-corrected chi connectivity index (χ2v) is 12.7. The third kappa shape index (κ3) is 6.07. The molecule has 0 saturated carbocycles. The zero-order valence-electron chi connectivity index (χ0n) is 26.7. The highest BCUT2D eigenvalue weighted by Gasteiger charge is 2.24. The number of rotatable bonds is 6. The van der Waals surface area contributed by atoms with Crippen LogP contribution in [0.1, 0.15) is 58.7 Å². The minimum absolute atomic E-state index is 0.0140. The lowest BCUT2D eigenvalue weighted by atomic mass is 9.87. The Morgan fingerprint density at radius 1 is 0.872 bits per heavy atom. The van der Waals surface area contributed by atoms with E-state index in [1.54, 1.807) is 11.1 Å². The zero-order chi connectivity index (χ0) is 32.7. The molecule has 0 radical (unpaired) electrons. The zero-order valence-corrected chi connectivity index (χ0v) is 26.7. The van der Waals surface area contributed by atoms with Crippen LogP contribution >= 0.6 is 0 Å². The van der Waals surface area contributed by atoms with Crippen molar-refractivity contribution < 1.29 is 9.59 Å². The quantitative estimate of drug-likeness (QED) is 0.225. The van der Waals surface area contributed by atoms with Crippen LogP contribution in [0, 0.1) is 6.92 Å². The summed E-state index contributed by atoms with van der Waals surface area (Å²) in [5, 5.41) is 14.7. The Hall–Kier alpha value is -5.84. The predicted molar refractivity (Wildman–Crippen MR) is 181 cm³/mol. The van der Waals surface area contributed by atoms with Crippen LogP contribution in [0.4, 0.5) is 17.2 Å². The number of hydrogen-bond donors (Lipinski definition) is 2. The first-order chi connectivity index (χ1) is 22.6. The number of benzene rings is 3. The van der Waals surface area contributed by atoms with Crippen LogP contribution in [0.3, 0.4) is 0 Å². The van der Waals surface area contributed by atoms with Gasteiger partial charge in [0.05, 0.1) is 12.2 Å². The molecule has 1 aliphatic rings. The fraction of sp³-hybridized carbons (Fsp3) is 0.222. The van der Waals surface area contributed by atoms with Gasteiger partial charge in [-0.3, -0.25) is 9.59 Å². The van der Waals surface area contributed by atoms with Crippen LogP contribution in [-0.2, 0) is 18.5 Å². The summed E-state index contributed by atoms with van der Waals surface area (Å²) in [6, 6.07) is 22.7. The van der Waals surface area contributed by atoms with E-state index in [2.05, 4.69) is 46.6 Å². The Labute approximate surface area is 272 Å². The number of amides is 2. The summed E-state index contributed by atoms with van der Waals surface area (Å²) in [7, 11) is 0.